The lowest BCUT2D eigenvalue weighted by atomic mass is 10.1. The van der Waals surface area contributed by atoms with Crippen molar-refractivity contribution in [2.24, 2.45) is 0 Å². The van der Waals surface area contributed by atoms with E-state index < -0.39 is 0 Å². The van der Waals surface area contributed by atoms with Crippen LogP contribution >= 0.6 is 23.7 Å². The van der Waals surface area contributed by atoms with E-state index in [1.165, 1.54) is 50.9 Å². The van der Waals surface area contributed by atoms with Crippen molar-refractivity contribution in [2.45, 2.75) is 56.7 Å². The van der Waals surface area contributed by atoms with Crippen molar-refractivity contribution in [3.8, 4) is 0 Å². The molecule has 0 radical (unpaired) electrons. The van der Waals surface area contributed by atoms with E-state index in [9.17, 15) is 0 Å². The maximum absolute atomic E-state index is 4.61. The number of fused-ring (bicyclic) bond motifs is 2. The first-order chi connectivity index (χ1) is 8.92. The Bertz CT molecular complexity index is 418. The molecule has 3 heterocycles. The molecule has 1 aromatic rings. The van der Waals surface area contributed by atoms with Gasteiger partial charge in [-0.2, -0.15) is 0 Å². The Labute approximate surface area is 125 Å². The van der Waals surface area contributed by atoms with Gasteiger partial charge >= 0.3 is 0 Å². The number of rotatable bonds is 3. The van der Waals surface area contributed by atoms with Crippen LogP contribution in [0.3, 0.4) is 0 Å². The molecule has 0 amide bonds. The van der Waals surface area contributed by atoms with E-state index in [-0.39, 0.29) is 12.4 Å². The van der Waals surface area contributed by atoms with Crippen LogP contribution in [0.1, 0.15) is 48.6 Å². The van der Waals surface area contributed by atoms with E-state index in [0.717, 1.165) is 24.5 Å². The van der Waals surface area contributed by atoms with Gasteiger partial charge in [0.2, 0.25) is 0 Å². The number of thiazole rings is 1. The number of hydrogen-bond acceptors (Lipinski definition) is 4. The number of nitrogens with one attached hydrogen (secondary N) is 1. The summed E-state index contributed by atoms with van der Waals surface area (Å²) in [5.41, 5.74) is 3.48. The molecule has 2 bridgehead atoms. The third-order valence-electron chi connectivity index (χ3n) is 4.77. The van der Waals surface area contributed by atoms with Crippen LogP contribution in [0.2, 0.25) is 0 Å². The fourth-order valence-electron chi connectivity index (χ4n) is 3.59. The maximum atomic E-state index is 4.61. The minimum Gasteiger partial charge on any atom is -0.315 e. The lowest BCUT2D eigenvalue weighted by Crippen LogP contribution is -2.37. The molecule has 0 aromatic carbocycles. The van der Waals surface area contributed by atoms with Crippen molar-refractivity contribution in [2.75, 3.05) is 13.1 Å². The highest BCUT2D eigenvalue weighted by molar-refractivity contribution is 7.09. The van der Waals surface area contributed by atoms with Gasteiger partial charge in [0.15, 0.2) is 0 Å². The summed E-state index contributed by atoms with van der Waals surface area (Å²) in [5, 5.41) is 3.58. The van der Waals surface area contributed by atoms with E-state index >= 15 is 0 Å². The molecule has 2 atom stereocenters. The van der Waals surface area contributed by atoms with E-state index in [2.05, 4.69) is 20.7 Å². The molecular formula is C14H22ClN3S. The molecule has 1 aliphatic carbocycles. The van der Waals surface area contributed by atoms with Gasteiger partial charge in [0.05, 0.1) is 11.2 Å². The summed E-state index contributed by atoms with van der Waals surface area (Å²) < 4.78 is 0. The zero-order valence-corrected chi connectivity index (χ0v) is 12.8. The normalized spacial score (nSPS) is 30.9. The monoisotopic (exact) mass is 299 g/mol. The largest absolute Gasteiger partial charge is 0.315 e. The van der Waals surface area contributed by atoms with Gasteiger partial charge in [0.25, 0.3) is 0 Å². The van der Waals surface area contributed by atoms with Crippen molar-refractivity contribution in [1.29, 1.82) is 0 Å². The standard InChI is InChI=1S/C14H21N3S.ClH/c1-2-10(1)14-13(18-9-16-14)8-17-11-3-4-12(17)7-15-6-5-11;/h9-12,15H,1-8H2;1H. The zero-order valence-electron chi connectivity index (χ0n) is 11.2. The Hall–Kier alpha value is -0.160. The molecule has 1 aromatic heterocycles. The lowest BCUT2D eigenvalue weighted by Gasteiger charge is -2.27. The second-order valence-corrected chi connectivity index (χ2v) is 6.92. The van der Waals surface area contributed by atoms with Gasteiger partial charge in [-0.3, -0.25) is 4.90 Å². The average Bonchev–Trinajstić information content (AvgIpc) is 3.02. The molecule has 2 aliphatic heterocycles. The van der Waals surface area contributed by atoms with E-state index in [1.54, 1.807) is 4.88 Å². The van der Waals surface area contributed by atoms with Crippen molar-refractivity contribution in [3.05, 3.63) is 16.1 Å². The second-order valence-electron chi connectivity index (χ2n) is 5.99. The van der Waals surface area contributed by atoms with Gasteiger partial charge in [0.1, 0.15) is 0 Å². The quantitative estimate of drug-likeness (QED) is 0.930. The van der Waals surface area contributed by atoms with E-state index in [0.29, 0.717) is 0 Å². The molecule has 1 N–H and O–H groups in total. The van der Waals surface area contributed by atoms with Crippen LogP contribution in [-0.2, 0) is 6.54 Å². The highest BCUT2D eigenvalue weighted by Crippen LogP contribution is 2.42. The van der Waals surface area contributed by atoms with Gasteiger partial charge in [-0.1, -0.05) is 0 Å². The third kappa shape index (κ3) is 2.68. The molecule has 4 rings (SSSR count). The van der Waals surface area contributed by atoms with Crippen molar-refractivity contribution >= 4 is 23.7 Å². The number of aromatic nitrogens is 1. The van der Waals surface area contributed by atoms with Gasteiger partial charge in [-0.25, -0.2) is 4.98 Å². The molecule has 3 fully saturated rings. The molecule has 2 saturated heterocycles. The van der Waals surface area contributed by atoms with Crippen LogP contribution in [0.15, 0.2) is 5.51 Å². The molecule has 2 unspecified atom stereocenters. The summed E-state index contributed by atoms with van der Waals surface area (Å²) in [6.45, 7) is 3.55. The van der Waals surface area contributed by atoms with Crippen LogP contribution in [0.5, 0.6) is 0 Å². The lowest BCUT2D eigenvalue weighted by molar-refractivity contribution is 0.194. The first kappa shape index (κ1) is 13.8. The number of halogens is 1. The molecule has 0 spiro atoms. The first-order valence-corrected chi connectivity index (χ1v) is 8.18. The van der Waals surface area contributed by atoms with E-state index in [1.807, 2.05) is 11.3 Å². The Morgan fingerprint density at radius 2 is 2.05 bits per heavy atom. The molecule has 1 saturated carbocycles. The predicted octanol–water partition coefficient (Wildman–Crippen LogP) is 2.77. The van der Waals surface area contributed by atoms with Gasteiger partial charge in [-0.15, -0.1) is 23.7 Å². The van der Waals surface area contributed by atoms with Crippen LogP contribution in [-0.4, -0.2) is 35.1 Å². The summed E-state index contributed by atoms with van der Waals surface area (Å²) in [7, 11) is 0. The van der Waals surface area contributed by atoms with Crippen molar-refractivity contribution < 1.29 is 0 Å². The Balaban J connectivity index is 0.00000110. The highest BCUT2D eigenvalue weighted by Gasteiger charge is 2.36. The van der Waals surface area contributed by atoms with Crippen LogP contribution in [0, 0.1) is 0 Å². The minimum atomic E-state index is 0. The average molecular weight is 300 g/mol. The molecule has 3 aliphatic rings. The number of nitrogens with zero attached hydrogens (tertiary/aromatic N) is 2. The smallest absolute Gasteiger partial charge is 0.0798 e. The topological polar surface area (TPSA) is 28.2 Å². The fraction of sp³-hybridized carbons (Fsp3) is 0.786. The van der Waals surface area contributed by atoms with Crippen molar-refractivity contribution in [3.63, 3.8) is 0 Å². The van der Waals surface area contributed by atoms with E-state index in [4.69, 9.17) is 0 Å². The Morgan fingerprint density at radius 3 is 2.89 bits per heavy atom. The third-order valence-corrected chi connectivity index (χ3v) is 5.60. The van der Waals surface area contributed by atoms with Crippen LogP contribution < -0.4 is 5.32 Å². The predicted molar refractivity (Wildman–Crippen MR) is 81.2 cm³/mol. The number of hydrogen-bond donors (Lipinski definition) is 1. The summed E-state index contributed by atoms with van der Waals surface area (Å²) in [6.07, 6.45) is 6.85. The summed E-state index contributed by atoms with van der Waals surface area (Å²) >= 11 is 1.88. The van der Waals surface area contributed by atoms with Gasteiger partial charge in [0, 0.05) is 36.0 Å². The Kier molecular flexibility index (Phi) is 4.13. The SMILES string of the molecule is Cl.c1nc(C2CC2)c(CN2C3CCNCC2CC3)s1. The molecule has 19 heavy (non-hydrogen) atoms. The maximum Gasteiger partial charge on any atom is 0.0798 e. The minimum absolute atomic E-state index is 0. The highest BCUT2D eigenvalue weighted by atomic mass is 35.5. The molecule has 5 heteroatoms. The van der Waals surface area contributed by atoms with Crippen LogP contribution in [0.25, 0.3) is 0 Å². The van der Waals surface area contributed by atoms with Gasteiger partial charge in [-0.05, 0) is 38.6 Å². The summed E-state index contributed by atoms with van der Waals surface area (Å²) in [5.74, 6) is 0.800. The van der Waals surface area contributed by atoms with Crippen LogP contribution in [0.4, 0.5) is 0 Å². The second kappa shape index (κ2) is 5.68. The summed E-state index contributed by atoms with van der Waals surface area (Å²) in [6, 6.07) is 1.59. The molecular weight excluding hydrogens is 278 g/mol. The zero-order chi connectivity index (χ0) is 11.9. The Morgan fingerprint density at radius 1 is 1.21 bits per heavy atom. The first-order valence-electron chi connectivity index (χ1n) is 7.30. The molecule has 106 valence electrons. The fourth-order valence-corrected chi connectivity index (χ4v) is 4.45. The van der Waals surface area contributed by atoms with Gasteiger partial charge < -0.3 is 5.32 Å². The summed E-state index contributed by atoms with van der Waals surface area (Å²) in [4.78, 5) is 8.93. The molecule has 3 nitrogen and oxygen atoms in total. The van der Waals surface area contributed by atoms with Crippen molar-refractivity contribution in [1.82, 2.24) is 15.2 Å².